The fourth-order valence-corrected chi connectivity index (χ4v) is 4.64. The summed E-state index contributed by atoms with van der Waals surface area (Å²) in [5.74, 6) is 0.559. The number of carbonyl (C=O) groups excluding carboxylic acids is 1. The number of hydrogen-bond acceptors (Lipinski definition) is 7. The number of thioether (sulfide) groups is 1. The van der Waals surface area contributed by atoms with E-state index in [1.54, 1.807) is 6.07 Å². The molecule has 2 aromatic carbocycles. The number of nitrogens with zero attached hydrogens (tertiary/aromatic N) is 5. The number of benzene rings is 2. The number of piperidine rings is 1. The predicted molar refractivity (Wildman–Crippen MR) is 126 cm³/mol. The standard InChI is InChI=1S/C24H23N5O3S/c30-20(28-13-7-2-8-14-28)16-33-24-26-25-22(32-24)21-18-11-5-6-12-19(18)23(31)29(27-21)15-17-9-3-1-4-10-17/h1,3-6,9-12H,2,7-8,13-16H2. The SMILES string of the molecule is O=C(CSc1nnc(-c2nn(Cc3ccccc3)c(=O)c3ccccc23)o1)N1CCCCC1. The Morgan fingerprint density at radius 1 is 0.939 bits per heavy atom. The van der Waals surface area contributed by atoms with Gasteiger partial charge in [-0.2, -0.15) is 5.10 Å². The Bertz CT molecular complexity index is 1330. The molecule has 1 amide bonds. The van der Waals surface area contributed by atoms with E-state index in [-0.39, 0.29) is 23.1 Å². The molecule has 2 aromatic heterocycles. The molecule has 1 saturated heterocycles. The monoisotopic (exact) mass is 461 g/mol. The van der Waals surface area contributed by atoms with Gasteiger partial charge in [0.25, 0.3) is 16.7 Å². The molecule has 0 aliphatic carbocycles. The van der Waals surface area contributed by atoms with Gasteiger partial charge in [-0.25, -0.2) is 4.68 Å². The van der Waals surface area contributed by atoms with Crippen LogP contribution >= 0.6 is 11.8 Å². The molecule has 1 fully saturated rings. The molecule has 0 radical (unpaired) electrons. The van der Waals surface area contributed by atoms with E-state index in [9.17, 15) is 9.59 Å². The van der Waals surface area contributed by atoms with Crippen molar-refractivity contribution in [1.29, 1.82) is 0 Å². The summed E-state index contributed by atoms with van der Waals surface area (Å²) in [6.45, 7) is 1.96. The van der Waals surface area contributed by atoms with Crippen molar-refractivity contribution in [3.8, 4) is 11.6 Å². The Morgan fingerprint density at radius 3 is 2.45 bits per heavy atom. The quantitative estimate of drug-likeness (QED) is 0.405. The largest absolute Gasteiger partial charge is 0.409 e. The number of likely N-dealkylation sites (tertiary alicyclic amines) is 1. The lowest BCUT2D eigenvalue weighted by atomic mass is 10.1. The van der Waals surface area contributed by atoms with Gasteiger partial charge < -0.3 is 9.32 Å². The van der Waals surface area contributed by atoms with Crippen molar-refractivity contribution in [2.45, 2.75) is 31.0 Å². The fraction of sp³-hybridized carbons (Fsp3) is 0.292. The third kappa shape index (κ3) is 4.68. The second-order valence-electron chi connectivity index (χ2n) is 7.95. The number of hydrogen-bond donors (Lipinski definition) is 0. The smallest absolute Gasteiger partial charge is 0.277 e. The fourth-order valence-electron chi connectivity index (χ4n) is 3.98. The Hall–Kier alpha value is -3.46. The zero-order chi connectivity index (χ0) is 22.6. The molecule has 1 aliphatic heterocycles. The molecule has 0 spiro atoms. The lowest BCUT2D eigenvalue weighted by Gasteiger charge is -2.26. The van der Waals surface area contributed by atoms with Gasteiger partial charge in [0.2, 0.25) is 5.91 Å². The van der Waals surface area contributed by atoms with E-state index in [1.807, 2.05) is 53.4 Å². The van der Waals surface area contributed by atoms with Crippen LogP contribution < -0.4 is 5.56 Å². The maximum Gasteiger partial charge on any atom is 0.277 e. The number of fused-ring (bicyclic) bond motifs is 1. The summed E-state index contributed by atoms with van der Waals surface area (Å²) in [6.07, 6.45) is 3.29. The second-order valence-corrected chi connectivity index (χ2v) is 8.87. The molecular weight excluding hydrogens is 438 g/mol. The molecule has 33 heavy (non-hydrogen) atoms. The Kier molecular flexibility index (Phi) is 6.21. The van der Waals surface area contributed by atoms with Gasteiger partial charge in [0.15, 0.2) is 5.69 Å². The predicted octanol–water partition coefficient (Wildman–Crippen LogP) is 3.60. The second kappa shape index (κ2) is 9.58. The minimum absolute atomic E-state index is 0.0828. The van der Waals surface area contributed by atoms with Crippen LogP contribution in [0.4, 0.5) is 0 Å². The van der Waals surface area contributed by atoms with Crippen LogP contribution in [0.5, 0.6) is 0 Å². The molecular formula is C24H23N5O3S. The molecule has 0 bridgehead atoms. The van der Waals surface area contributed by atoms with Gasteiger partial charge in [-0.1, -0.05) is 60.3 Å². The van der Waals surface area contributed by atoms with Crippen LogP contribution in [0.1, 0.15) is 24.8 Å². The summed E-state index contributed by atoms with van der Waals surface area (Å²) in [5.41, 5.74) is 1.23. The first-order valence-corrected chi connectivity index (χ1v) is 12.0. The van der Waals surface area contributed by atoms with Crippen molar-refractivity contribution < 1.29 is 9.21 Å². The first kappa shape index (κ1) is 21.4. The first-order chi connectivity index (χ1) is 16.2. The summed E-state index contributed by atoms with van der Waals surface area (Å²) in [4.78, 5) is 27.4. The molecule has 5 rings (SSSR count). The van der Waals surface area contributed by atoms with Crippen LogP contribution in [0.3, 0.4) is 0 Å². The number of amides is 1. The molecule has 1 aliphatic rings. The van der Waals surface area contributed by atoms with E-state index < -0.39 is 0 Å². The van der Waals surface area contributed by atoms with Crippen LogP contribution in [0, 0.1) is 0 Å². The normalized spacial score (nSPS) is 14.0. The number of aromatic nitrogens is 4. The van der Waals surface area contributed by atoms with Crippen molar-refractivity contribution in [3.63, 3.8) is 0 Å². The maximum absolute atomic E-state index is 13.0. The average Bonchev–Trinajstić information content (AvgIpc) is 3.34. The van der Waals surface area contributed by atoms with Gasteiger partial charge in [0, 0.05) is 18.5 Å². The van der Waals surface area contributed by atoms with E-state index in [0.29, 0.717) is 28.2 Å². The maximum atomic E-state index is 13.0. The van der Waals surface area contributed by atoms with E-state index in [2.05, 4.69) is 15.3 Å². The highest BCUT2D eigenvalue weighted by Gasteiger charge is 2.20. The molecule has 8 nitrogen and oxygen atoms in total. The Morgan fingerprint density at radius 2 is 1.67 bits per heavy atom. The van der Waals surface area contributed by atoms with Crippen molar-refractivity contribution >= 4 is 28.4 Å². The summed E-state index contributed by atoms with van der Waals surface area (Å²) in [6, 6.07) is 16.9. The van der Waals surface area contributed by atoms with Gasteiger partial charge in [0.05, 0.1) is 17.7 Å². The van der Waals surface area contributed by atoms with E-state index in [1.165, 1.54) is 22.9 Å². The summed E-state index contributed by atoms with van der Waals surface area (Å²) >= 11 is 1.23. The van der Waals surface area contributed by atoms with Crippen LogP contribution in [0.2, 0.25) is 0 Å². The third-order valence-corrected chi connectivity index (χ3v) is 6.48. The van der Waals surface area contributed by atoms with Crippen molar-refractivity contribution in [1.82, 2.24) is 24.9 Å². The minimum atomic E-state index is -0.181. The minimum Gasteiger partial charge on any atom is -0.409 e. The van der Waals surface area contributed by atoms with Gasteiger partial charge >= 0.3 is 0 Å². The summed E-state index contributed by atoms with van der Waals surface area (Å²) in [7, 11) is 0. The van der Waals surface area contributed by atoms with Gasteiger partial charge in [-0.15, -0.1) is 10.2 Å². The van der Waals surface area contributed by atoms with Crippen molar-refractivity contribution in [2.75, 3.05) is 18.8 Å². The lowest BCUT2D eigenvalue weighted by Crippen LogP contribution is -2.36. The zero-order valence-electron chi connectivity index (χ0n) is 18.0. The highest BCUT2D eigenvalue weighted by molar-refractivity contribution is 7.99. The highest BCUT2D eigenvalue weighted by Crippen LogP contribution is 2.27. The van der Waals surface area contributed by atoms with Gasteiger partial charge in [-0.05, 0) is 30.9 Å². The Balaban J connectivity index is 1.42. The molecule has 168 valence electrons. The Labute approximate surface area is 194 Å². The van der Waals surface area contributed by atoms with E-state index in [4.69, 9.17) is 4.42 Å². The van der Waals surface area contributed by atoms with Gasteiger partial charge in [0.1, 0.15) is 0 Å². The third-order valence-electron chi connectivity index (χ3n) is 5.68. The molecule has 3 heterocycles. The number of rotatable bonds is 6. The molecule has 0 saturated carbocycles. The van der Waals surface area contributed by atoms with Crippen LogP contribution in [-0.4, -0.2) is 49.6 Å². The topological polar surface area (TPSA) is 94.1 Å². The molecule has 4 aromatic rings. The van der Waals surface area contributed by atoms with E-state index >= 15 is 0 Å². The average molecular weight is 462 g/mol. The van der Waals surface area contributed by atoms with Gasteiger partial charge in [-0.3, -0.25) is 9.59 Å². The summed E-state index contributed by atoms with van der Waals surface area (Å²) in [5, 5.41) is 14.3. The summed E-state index contributed by atoms with van der Waals surface area (Å²) < 4.78 is 7.27. The first-order valence-electron chi connectivity index (χ1n) is 11.0. The lowest BCUT2D eigenvalue weighted by molar-refractivity contribution is -0.129. The van der Waals surface area contributed by atoms with E-state index in [0.717, 1.165) is 31.5 Å². The molecule has 9 heteroatoms. The van der Waals surface area contributed by atoms with Crippen LogP contribution in [0.25, 0.3) is 22.4 Å². The van der Waals surface area contributed by atoms with Crippen molar-refractivity contribution in [2.24, 2.45) is 0 Å². The zero-order valence-corrected chi connectivity index (χ0v) is 18.8. The van der Waals surface area contributed by atoms with Crippen molar-refractivity contribution in [3.05, 3.63) is 70.5 Å². The molecule has 0 N–H and O–H groups in total. The molecule has 0 unspecified atom stereocenters. The highest BCUT2D eigenvalue weighted by atomic mass is 32.2. The molecule has 0 atom stereocenters. The number of carbonyl (C=O) groups is 1. The van der Waals surface area contributed by atoms with Crippen LogP contribution in [0.15, 0.2) is 69.0 Å². The van der Waals surface area contributed by atoms with Crippen LogP contribution in [-0.2, 0) is 11.3 Å².